The first-order valence-electron chi connectivity index (χ1n) is 12.9. The molecule has 200 valence electrons. The van der Waals surface area contributed by atoms with E-state index in [0.717, 1.165) is 26.1 Å². The Labute approximate surface area is 219 Å². The number of hydrogen-bond donors (Lipinski definition) is 1. The molecule has 0 saturated carbocycles. The molecule has 1 N–H and O–H groups in total. The van der Waals surface area contributed by atoms with Crippen molar-refractivity contribution in [3.63, 3.8) is 0 Å². The number of ether oxygens (including phenoxy) is 3. The molecule has 1 saturated heterocycles. The fourth-order valence-corrected chi connectivity index (χ4v) is 4.55. The number of benzene rings is 2. The second kappa shape index (κ2) is 13.1. The fraction of sp³-hybridized carbons (Fsp3) is 0.448. The number of nitrogens with zero attached hydrogens (tertiary/aromatic N) is 2. The minimum absolute atomic E-state index is 0.0577. The highest BCUT2D eigenvalue weighted by Gasteiger charge is 2.46. The lowest BCUT2D eigenvalue weighted by Gasteiger charge is -2.27. The summed E-state index contributed by atoms with van der Waals surface area (Å²) >= 11 is 0. The lowest BCUT2D eigenvalue weighted by molar-refractivity contribution is -0.140. The highest BCUT2D eigenvalue weighted by atomic mass is 16.5. The third-order valence-electron chi connectivity index (χ3n) is 6.64. The molecular formula is C29H38N2O6. The van der Waals surface area contributed by atoms with E-state index in [1.807, 2.05) is 13.0 Å². The molecule has 0 radical (unpaired) electrons. The van der Waals surface area contributed by atoms with Crippen LogP contribution in [-0.4, -0.2) is 73.6 Å². The van der Waals surface area contributed by atoms with Crippen molar-refractivity contribution in [2.24, 2.45) is 0 Å². The number of methoxy groups -OCH3 is 2. The van der Waals surface area contributed by atoms with Crippen molar-refractivity contribution < 1.29 is 28.9 Å². The predicted octanol–water partition coefficient (Wildman–Crippen LogP) is 4.65. The minimum Gasteiger partial charge on any atom is -0.507 e. The topological polar surface area (TPSA) is 88.5 Å². The van der Waals surface area contributed by atoms with Crippen LogP contribution < -0.4 is 14.2 Å². The monoisotopic (exact) mass is 510 g/mol. The number of carbonyl (C=O) groups excluding carboxylic acids is 2. The molecule has 0 spiro atoms. The molecule has 1 aliphatic heterocycles. The van der Waals surface area contributed by atoms with Crippen molar-refractivity contribution >= 4 is 17.4 Å². The summed E-state index contributed by atoms with van der Waals surface area (Å²) in [7, 11) is 3.11. The van der Waals surface area contributed by atoms with E-state index in [9.17, 15) is 14.7 Å². The van der Waals surface area contributed by atoms with Crippen molar-refractivity contribution in [1.29, 1.82) is 0 Å². The molecule has 37 heavy (non-hydrogen) atoms. The van der Waals surface area contributed by atoms with Crippen molar-refractivity contribution in [3.8, 4) is 17.2 Å². The lowest BCUT2D eigenvalue weighted by Crippen LogP contribution is -2.33. The van der Waals surface area contributed by atoms with E-state index in [1.165, 1.54) is 0 Å². The van der Waals surface area contributed by atoms with E-state index in [1.54, 1.807) is 55.5 Å². The Bertz CT molecular complexity index is 1110. The average Bonchev–Trinajstić information content (AvgIpc) is 3.18. The average molecular weight is 511 g/mol. The molecule has 0 aliphatic carbocycles. The van der Waals surface area contributed by atoms with Crippen LogP contribution in [0.25, 0.3) is 5.76 Å². The van der Waals surface area contributed by atoms with Gasteiger partial charge >= 0.3 is 0 Å². The molecule has 0 bridgehead atoms. The smallest absolute Gasteiger partial charge is 0.295 e. The van der Waals surface area contributed by atoms with Gasteiger partial charge in [0.1, 0.15) is 11.5 Å². The highest BCUT2D eigenvalue weighted by molar-refractivity contribution is 6.46. The SMILES string of the molecule is CCCOc1ccc(C2/C(=C(\O)c3ccc(OC)cc3)C(=O)C(=O)N2CCCN(CC)CC)cc1OC. The first-order chi connectivity index (χ1) is 17.9. The number of likely N-dealkylation sites (tertiary alicyclic amines) is 1. The Morgan fingerprint density at radius 2 is 1.68 bits per heavy atom. The molecule has 1 fully saturated rings. The van der Waals surface area contributed by atoms with Gasteiger partial charge in [0.2, 0.25) is 0 Å². The van der Waals surface area contributed by atoms with Crippen molar-refractivity contribution in [3.05, 3.63) is 59.2 Å². The van der Waals surface area contributed by atoms with Crippen LogP contribution >= 0.6 is 0 Å². The van der Waals surface area contributed by atoms with Crippen LogP contribution in [0.4, 0.5) is 0 Å². The van der Waals surface area contributed by atoms with Crippen LogP contribution in [0.1, 0.15) is 50.8 Å². The molecule has 1 aliphatic rings. The Hall–Kier alpha value is -3.52. The number of aliphatic hydroxyl groups is 1. The molecule has 1 atom stereocenters. The van der Waals surface area contributed by atoms with Gasteiger partial charge in [-0.05, 0) is 74.4 Å². The molecule has 1 unspecified atom stereocenters. The van der Waals surface area contributed by atoms with Gasteiger partial charge in [0.15, 0.2) is 11.5 Å². The summed E-state index contributed by atoms with van der Waals surface area (Å²) in [6.07, 6.45) is 1.54. The Morgan fingerprint density at radius 3 is 2.27 bits per heavy atom. The first-order valence-corrected chi connectivity index (χ1v) is 12.9. The van der Waals surface area contributed by atoms with Gasteiger partial charge in [0.25, 0.3) is 11.7 Å². The fourth-order valence-electron chi connectivity index (χ4n) is 4.55. The van der Waals surface area contributed by atoms with Crippen LogP contribution in [0.3, 0.4) is 0 Å². The second-order valence-electron chi connectivity index (χ2n) is 8.86. The molecule has 2 aromatic rings. The van der Waals surface area contributed by atoms with Crippen LogP contribution in [0.15, 0.2) is 48.0 Å². The minimum atomic E-state index is -0.757. The normalized spacial score (nSPS) is 16.9. The number of amides is 1. The zero-order valence-electron chi connectivity index (χ0n) is 22.5. The zero-order valence-corrected chi connectivity index (χ0v) is 22.5. The molecule has 1 amide bonds. The highest BCUT2D eigenvalue weighted by Crippen LogP contribution is 2.42. The maximum Gasteiger partial charge on any atom is 0.295 e. The van der Waals surface area contributed by atoms with Gasteiger partial charge in [0.05, 0.1) is 32.4 Å². The van der Waals surface area contributed by atoms with Gasteiger partial charge in [-0.1, -0.05) is 26.8 Å². The van der Waals surface area contributed by atoms with Gasteiger partial charge in [0, 0.05) is 12.1 Å². The van der Waals surface area contributed by atoms with Crippen molar-refractivity contribution in [1.82, 2.24) is 9.80 Å². The second-order valence-corrected chi connectivity index (χ2v) is 8.86. The molecule has 3 rings (SSSR count). The van der Waals surface area contributed by atoms with Gasteiger partial charge in [-0.15, -0.1) is 0 Å². The summed E-state index contributed by atoms with van der Waals surface area (Å²) in [5, 5.41) is 11.3. The lowest BCUT2D eigenvalue weighted by atomic mass is 9.95. The van der Waals surface area contributed by atoms with Gasteiger partial charge in [-0.25, -0.2) is 0 Å². The number of hydrogen-bond acceptors (Lipinski definition) is 7. The molecule has 8 heteroatoms. The van der Waals surface area contributed by atoms with Crippen LogP contribution in [0.2, 0.25) is 0 Å². The van der Waals surface area contributed by atoms with E-state index >= 15 is 0 Å². The standard InChI is InChI=1S/C29H38N2O6/c1-6-18-37-23-15-12-21(19-24(23)36-5)26-25(27(32)20-10-13-22(35-4)14-11-20)28(33)29(34)31(26)17-9-16-30(7-2)8-3/h10-15,19,26,32H,6-9,16-18H2,1-5H3/b27-25+. The summed E-state index contributed by atoms with van der Waals surface area (Å²) in [6.45, 7) is 9.75. The van der Waals surface area contributed by atoms with Gasteiger partial charge in [-0.2, -0.15) is 0 Å². The molecule has 8 nitrogen and oxygen atoms in total. The first kappa shape index (κ1) is 28.1. The number of carbonyl (C=O) groups is 2. The Morgan fingerprint density at radius 1 is 0.973 bits per heavy atom. The number of rotatable bonds is 13. The predicted molar refractivity (Wildman–Crippen MR) is 143 cm³/mol. The van der Waals surface area contributed by atoms with Crippen LogP contribution in [0, 0.1) is 0 Å². The molecule has 1 heterocycles. The maximum absolute atomic E-state index is 13.3. The van der Waals surface area contributed by atoms with E-state index in [-0.39, 0.29) is 11.3 Å². The van der Waals surface area contributed by atoms with Crippen LogP contribution in [0.5, 0.6) is 17.2 Å². The third kappa shape index (κ3) is 6.25. The Balaban J connectivity index is 2.07. The van der Waals surface area contributed by atoms with Crippen molar-refractivity contribution in [2.75, 3.05) is 47.0 Å². The number of aliphatic hydroxyl groups excluding tert-OH is 1. The number of ketones is 1. The van der Waals surface area contributed by atoms with Gasteiger partial charge in [-0.3, -0.25) is 9.59 Å². The maximum atomic E-state index is 13.3. The van der Waals surface area contributed by atoms with E-state index in [2.05, 4.69) is 18.7 Å². The quantitative estimate of drug-likeness (QED) is 0.238. The van der Waals surface area contributed by atoms with Crippen molar-refractivity contribution in [2.45, 2.75) is 39.7 Å². The summed E-state index contributed by atoms with van der Waals surface area (Å²) in [4.78, 5) is 30.4. The largest absolute Gasteiger partial charge is 0.507 e. The number of Topliss-reactive ketones (excluding diaryl/α,β-unsaturated/α-hetero) is 1. The third-order valence-corrected chi connectivity index (χ3v) is 6.64. The molecule has 2 aromatic carbocycles. The van der Waals surface area contributed by atoms with E-state index < -0.39 is 17.7 Å². The van der Waals surface area contributed by atoms with E-state index in [0.29, 0.717) is 47.9 Å². The summed E-state index contributed by atoms with van der Waals surface area (Å²) in [5.74, 6) is 0.169. The molecular weight excluding hydrogens is 472 g/mol. The summed E-state index contributed by atoms with van der Waals surface area (Å²) in [5.41, 5.74) is 1.15. The summed E-state index contributed by atoms with van der Waals surface area (Å²) < 4.78 is 16.6. The van der Waals surface area contributed by atoms with E-state index in [4.69, 9.17) is 14.2 Å². The zero-order chi connectivity index (χ0) is 26.9. The summed E-state index contributed by atoms with van der Waals surface area (Å²) in [6, 6.07) is 11.4. The van der Waals surface area contributed by atoms with Gasteiger partial charge < -0.3 is 29.1 Å². The molecule has 0 aromatic heterocycles. The van der Waals surface area contributed by atoms with Crippen LogP contribution in [-0.2, 0) is 9.59 Å². The Kier molecular flexibility index (Phi) is 9.97.